The van der Waals surface area contributed by atoms with Crippen LogP contribution in [0.2, 0.25) is 0 Å². The smallest absolute Gasteiger partial charge is 0.0697 e. The summed E-state index contributed by atoms with van der Waals surface area (Å²) in [5.41, 5.74) is 0.612. The summed E-state index contributed by atoms with van der Waals surface area (Å²) in [4.78, 5) is 0. The van der Waals surface area contributed by atoms with Crippen LogP contribution in [0.15, 0.2) is 0 Å². The highest BCUT2D eigenvalue weighted by Crippen LogP contribution is 2.61. The van der Waals surface area contributed by atoms with Crippen LogP contribution in [0, 0.1) is 23.2 Å². The first kappa shape index (κ1) is 14.8. The summed E-state index contributed by atoms with van der Waals surface area (Å²) in [7, 11) is 0. The fourth-order valence-electron chi connectivity index (χ4n) is 5.58. The highest BCUT2D eigenvalue weighted by molar-refractivity contribution is 5.05. The molecule has 3 nitrogen and oxygen atoms in total. The van der Waals surface area contributed by atoms with Gasteiger partial charge in [0.2, 0.25) is 0 Å². The third-order valence-electron chi connectivity index (χ3n) is 6.16. The third-order valence-corrected chi connectivity index (χ3v) is 6.16. The molecular formula is C17H31NO2. The molecule has 0 aromatic rings. The topological polar surface area (TPSA) is 41.5 Å². The van der Waals surface area contributed by atoms with Gasteiger partial charge in [0.05, 0.1) is 13.2 Å². The van der Waals surface area contributed by atoms with Crippen LogP contribution < -0.4 is 5.32 Å². The fourth-order valence-corrected chi connectivity index (χ4v) is 5.58. The first-order chi connectivity index (χ1) is 9.72. The van der Waals surface area contributed by atoms with Gasteiger partial charge in [0.1, 0.15) is 0 Å². The van der Waals surface area contributed by atoms with Gasteiger partial charge in [-0.3, -0.25) is 0 Å². The molecule has 0 aromatic carbocycles. The fraction of sp³-hybridized carbons (Fsp3) is 1.00. The van der Waals surface area contributed by atoms with Crippen LogP contribution in [-0.4, -0.2) is 37.5 Å². The summed E-state index contributed by atoms with van der Waals surface area (Å²) >= 11 is 0. The van der Waals surface area contributed by atoms with Crippen molar-refractivity contribution in [1.82, 2.24) is 5.32 Å². The van der Waals surface area contributed by atoms with E-state index < -0.39 is 0 Å². The standard InChI is InChI=1S/C17H31NO2/c1-13(18-3-2-5-20-6-4-19)17-10-14-7-15(11-17)9-16(8-14)12-17/h13-16,18-19H,2-12H2,1H3. The van der Waals surface area contributed by atoms with E-state index >= 15 is 0 Å². The van der Waals surface area contributed by atoms with Crippen molar-refractivity contribution in [2.75, 3.05) is 26.4 Å². The van der Waals surface area contributed by atoms with Gasteiger partial charge in [-0.1, -0.05) is 0 Å². The number of nitrogens with one attached hydrogen (secondary N) is 1. The predicted molar refractivity (Wildman–Crippen MR) is 80.6 cm³/mol. The maximum Gasteiger partial charge on any atom is 0.0697 e. The molecule has 4 saturated carbocycles. The van der Waals surface area contributed by atoms with Crippen molar-refractivity contribution in [2.24, 2.45) is 23.2 Å². The second kappa shape index (κ2) is 6.33. The van der Waals surface area contributed by atoms with E-state index in [1.807, 2.05) is 0 Å². The summed E-state index contributed by atoms with van der Waals surface area (Å²) in [6.07, 6.45) is 10.1. The number of aliphatic hydroxyl groups is 1. The van der Waals surface area contributed by atoms with Crippen LogP contribution >= 0.6 is 0 Å². The zero-order valence-corrected chi connectivity index (χ0v) is 12.9. The van der Waals surface area contributed by atoms with Crippen molar-refractivity contribution >= 4 is 0 Å². The van der Waals surface area contributed by atoms with Gasteiger partial charge in [0, 0.05) is 12.6 Å². The lowest BCUT2D eigenvalue weighted by atomic mass is 9.48. The van der Waals surface area contributed by atoms with Crippen LogP contribution in [0.3, 0.4) is 0 Å². The largest absolute Gasteiger partial charge is 0.394 e. The molecule has 0 heterocycles. The molecule has 3 heteroatoms. The molecule has 4 fully saturated rings. The van der Waals surface area contributed by atoms with E-state index in [-0.39, 0.29) is 6.61 Å². The van der Waals surface area contributed by atoms with Gasteiger partial charge >= 0.3 is 0 Å². The molecule has 116 valence electrons. The quantitative estimate of drug-likeness (QED) is 0.672. The van der Waals surface area contributed by atoms with E-state index in [4.69, 9.17) is 9.84 Å². The lowest BCUT2D eigenvalue weighted by Gasteiger charge is -2.59. The third kappa shape index (κ3) is 3.05. The van der Waals surface area contributed by atoms with Gasteiger partial charge in [-0.2, -0.15) is 0 Å². The minimum atomic E-state index is 0.136. The molecule has 2 N–H and O–H groups in total. The first-order valence-corrected chi connectivity index (χ1v) is 8.64. The molecule has 4 rings (SSSR count). The first-order valence-electron chi connectivity index (χ1n) is 8.64. The average molecular weight is 281 g/mol. The summed E-state index contributed by atoms with van der Waals surface area (Å²) in [6, 6.07) is 0.661. The normalized spacial score (nSPS) is 40.2. The minimum Gasteiger partial charge on any atom is -0.394 e. The van der Waals surface area contributed by atoms with Crippen LogP contribution in [0.4, 0.5) is 0 Å². The average Bonchev–Trinajstić information content (AvgIpc) is 2.41. The zero-order valence-electron chi connectivity index (χ0n) is 12.9. The highest BCUT2D eigenvalue weighted by atomic mass is 16.5. The number of ether oxygens (including phenoxy) is 1. The second-order valence-corrected chi connectivity index (χ2v) is 7.65. The molecule has 0 radical (unpaired) electrons. The van der Waals surface area contributed by atoms with Crippen molar-refractivity contribution < 1.29 is 9.84 Å². The highest BCUT2D eigenvalue weighted by Gasteiger charge is 2.52. The van der Waals surface area contributed by atoms with Gasteiger partial charge in [-0.15, -0.1) is 0 Å². The van der Waals surface area contributed by atoms with Gasteiger partial charge in [0.25, 0.3) is 0 Å². The van der Waals surface area contributed by atoms with Crippen LogP contribution in [0.1, 0.15) is 51.9 Å². The van der Waals surface area contributed by atoms with Gasteiger partial charge < -0.3 is 15.2 Å². The lowest BCUT2D eigenvalue weighted by Crippen LogP contribution is -2.55. The van der Waals surface area contributed by atoms with E-state index in [0.29, 0.717) is 18.1 Å². The Morgan fingerprint density at radius 3 is 2.25 bits per heavy atom. The van der Waals surface area contributed by atoms with E-state index in [1.54, 1.807) is 0 Å². The molecule has 1 unspecified atom stereocenters. The second-order valence-electron chi connectivity index (χ2n) is 7.65. The lowest BCUT2D eigenvalue weighted by molar-refractivity contribution is -0.0705. The maximum absolute atomic E-state index is 8.67. The van der Waals surface area contributed by atoms with Gasteiger partial charge in [0.15, 0.2) is 0 Å². The monoisotopic (exact) mass is 281 g/mol. The number of rotatable bonds is 8. The molecule has 4 aliphatic rings. The van der Waals surface area contributed by atoms with Crippen molar-refractivity contribution in [1.29, 1.82) is 0 Å². The molecule has 1 atom stereocenters. The maximum atomic E-state index is 8.67. The molecule has 4 bridgehead atoms. The van der Waals surface area contributed by atoms with Crippen molar-refractivity contribution in [2.45, 2.75) is 57.9 Å². The Morgan fingerprint density at radius 1 is 1.10 bits per heavy atom. The molecule has 0 saturated heterocycles. The van der Waals surface area contributed by atoms with Crippen LogP contribution in [0.25, 0.3) is 0 Å². The molecule has 4 aliphatic carbocycles. The van der Waals surface area contributed by atoms with E-state index in [9.17, 15) is 0 Å². The van der Waals surface area contributed by atoms with Crippen molar-refractivity contribution in [3.63, 3.8) is 0 Å². The van der Waals surface area contributed by atoms with E-state index in [0.717, 1.165) is 37.3 Å². The number of hydrogen-bond acceptors (Lipinski definition) is 3. The summed E-state index contributed by atoms with van der Waals surface area (Å²) in [6.45, 7) is 4.85. The number of aliphatic hydroxyl groups excluding tert-OH is 1. The Kier molecular flexibility index (Phi) is 4.68. The summed E-state index contributed by atoms with van der Waals surface area (Å²) < 4.78 is 5.32. The Labute approximate surface area is 123 Å². The molecule has 0 spiro atoms. The number of hydrogen-bond donors (Lipinski definition) is 2. The van der Waals surface area contributed by atoms with Gasteiger partial charge in [-0.25, -0.2) is 0 Å². The Balaban J connectivity index is 1.44. The SMILES string of the molecule is CC(NCCCOCCO)C12CC3CC(CC(C3)C1)C2. The predicted octanol–water partition coefficient (Wildman–Crippen LogP) is 2.58. The zero-order chi connectivity index (χ0) is 14.0. The molecule has 0 aliphatic heterocycles. The Morgan fingerprint density at radius 2 is 1.70 bits per heavy atom. The minimum absolute atomic E-state index is 0.136. The molecule has 20 heavy (non-hydrogen) atoms. The molecule has 0 aromatic heterocycles. The van der Waals surface area contributed by atoms with Gasteiger partial charge in [-0.05, 0) is 81.6 Å². The Hall–Kier alpha value is -0.120. The van der Waals surface area contributed by atoms with Crippen molar-refractivity contribution in [3.8, 4) is 0 Å². The summed E-state index contributed by atoms with van der Waals surface area (Å²) in [5, 5.41) is 12.4. The van der Waals surface area contributed by atoms with E-state index in [1.165, 1.54) is 38.5 Å². The van der Waals surface area contributed by atoms with Crippen molar-refractivity contribution in [3.05, 3.63) is 0 Å². The molecular weight excluding hydrogens is 250 g/mol. The van der Waals surface area contributed by atoms with Crippen LogP contribution in [-0.2, 0) is 4.74 Å². The molecule has 0 amide bonds. The van der Waals surface area contributed by atoms with E-state index in [2.05, 4.69) is 12.2 Å². The Bertz CT molecular complexity index is 283. The van der Waals surface area contributed by atoms with Crippen LogP contribution in [0.5, 0.6) is 0 Å². The summed E-state index contributed by atoms with van der Waals surface area (Å²) in [5.74, 6) is 3.12.